The van der Waals surface area contributed by atoms with Crippen molar-refractivity contribution in [2.45, 2.75) is 21.9 Å². The molecule has 0 fully saturated rings. The number of ether oxygens (including phenoxy) is 1. The second-order valence-electron chi connectivity index (χ2n) is 3.27. The number of thioether (sulfide) groups is 1. The van der Waals surface area contributed by atoms with Gasteiger partial charge in [0.05, 0.1) is 5.56 Å². The Bertz CT molecular complexity index is 684. The van der Waals surface area contributed by atoms with E-state index in [9.17, 15) is 30.4 Å². The Kier molecular flexibility index (Phi) is 5.30. The number of benzene rings is 1. The Morgan fingerprint density at radius 2 is 1.90 bits per heavy atom. The predicted octanol–water partition coefficient (Wildman–Crippen LogP) is 3.70. The van der Waals surface area contributed by atoms with Gasteiger partial charge in [-0.15, -0.1) is 0 Å². The first-order chi connectivity index (χ1) is 9.44. The summed E-state index contributed by atoms with van der Waals surface area (Å²) in [5.74, 6) is -1.01. The second-order valence-corrected chi connectivity index (χ2v) is 6.91. The van der Waals surface area contributed by atoms with Crippen LogP contribution in [0.25, 0.3) is 0 Å². The normalized spacial score (nSPS) is 12.3. The number of alkyl halides is 5. The first-order valence-electron chi connectivity index (χ1n) is 4.67. The van der Waals surface area contributed by atoms with Crippen molar-refractivity contribution in [3.05, 3.63) is 17.7 Å². The van der Waals surface area contributed by atoms with Crippen molar-refractivity contribution in [1.29, 1.82) is 5.26 Å². The zero-order valence-electron chi connectivity index (χ0n) is 9.49. The Balaban J connectivity index is 3.53. The highest BCUT2D eigenvalue weighted by Crippen LogP contribution is 2.42. The molecule has 0 saturated heterocycles. The van der Waals surface area contributed by atoms with E-state index in [4.69, 9.17) is 15.9 Å². The molecule has 0 atom stereocenters. The first kappa shape index (κ1) is 17.8. The van der Waals surface area contributed by atoms with E-state index < -0.39 is 54.0 Å². The lowest BCUT2D eigenvalue weighted by Crippen LogP contribution is -2.08. The lowest BCUT2D eigenvalue weighted by atomic mass is 10.2. The molecule has 0 amide bonds. The van der Waals surface area contributed by atoms with E-state index in [1.165, 1.54) is 6.07 Å². The third-order valence-corrected chi connectivity index (χ3v) is 4.00. The van der Waals surface area contributed by atoms with Crippen molar-refractivity contribution in [1.82, 2.24) is 0 Å². The van der Waals surface area contributed by atoms with Crippen molar-refractivity contribution >= 4 is 31.5 Å². The fourth-order valence-corrected chi connectivity index (χ4v) is 2.90. The second kappa shape index (κ2) is 6.25. The van der Waals surface area contributed by atoms with Crippen molar-refractivity contribution in [3.8, 4) is 11.8 Å². The summed E-state index contributed by atoms with van der Waals surface area (Å²) in [7, 11) is 0.301. The number of rotatable bonds is 4. The predicted molar refractivity (Wildman–Crippen MR) is 62.7 cm³/mol. The van der Waals surface area contributed by atoms with E-state index in [2.05, 4.69) is 4.74 Å². The number of hydrogen-bond acceptors (Lipinski definition) is 5. The van der Waals surface area contributed by atoms with Crippen LogP contribution in [0.5, 0.6) is 5.75 Å². The third kappa shape index (κ3) is 5.22. The zero-order chi connectivity index (χ0) is 16.4. The molecule has 0 spiro atoms. The quantitative estimate of drug-likeness (QED) is 0.461. The molecule has 1 rings (SSSR count). The zero-order valence-corrected chi connectivity index (χ0v) is 11.9. The molecule has 0 bridgehead atoms. The van der Waals surface area contributed by atoms with Gasteiger partial charge in [0.25, 0.3) is 9.05 Å². The van der Waals surface area contributed by atoms with Crippen LogP contribution in [0.3, 0.4) is 0 Å². The van der Waals surface area contributed by atoms with Crippen LogP contribution in [-0.4, -0.2) is 20.5 Å². The first-order valence-corrected chi connectivity index (χ1v) is 7.80. The average molecular weight is 368 g/mol. The fourth-order valence-electron chi connectivity index (χ4n) is 1.22. The van der Waals surface area contributed by atoms with Crippen molar-refractivity contribution < 1.29 is 35.1 Å². The summed E-state index contributed by atoms with van der Waals surface area (Å²) in [5, 5.41) is 8.71. The minimum Gasteiger partial charge on any atom is -0.433 e. The molecule has 0 aliphatic rings. The largest absolute Gasteiger partial charge is 0.446 e. The summed E-state index contributed by atoms with van der Waals surface area (Å²) < 4.78 is 87.6. The lowest BCUT2D eigenvalue weighted by molar-refractivity contribution is -0.0518. The van der Waals surface area contributed by atoms with E-state index >= 15 is 0 Å². The monoisotopic (exact) mass is 367 g/mol. The van der Waals surface area contributed by atoms with E-state index in [0.29, 0.717) is 12.1 Å². The van der Waals surface area contributed by atoms with Gasteiger partial charge < -0.3 is 4.74 Å². The molecule has 1 aromatic rings. The number of halogens is 6. The summed E-state index contributed by atoms with van der Waals surface area (Å²) in [6, 6.07) is 2.14. The van der Waals surface area contributed by atoms with Gasteiger partial charge >= 0.3 is 12.1 Å². The molecule has 0 unspecified atom stereocenters. The highest BCUT2D eigenvalue weighted by molar-refractivity contribution is 8.13. The van der Waals surface area contributed by atoms with Crippen LogP contribution in [0.4, 0.5) is 22.0 Å². The SMILES string of the molecule is N#Cc1cc(OC(F)F)c(S(=O)(=O)Cl)cc1SC(F)(F)F. The highest BCUT2D eigenvalue weighted by Gasteiger charge is 2.32. The van der Waals surface area contributed by atoms with Crippen molar-refractivity contribution in [2.75, 3.05) is 0 Å². The molecule has 0 aliphatic carbocycles. The maximum atomic E-state index is 12.3. The maximum Gasteiger partial charge on any atom is 0.446 e. The number of hydrogen-bond donors (Lipinski definition) is 0. The fraction of sp³-hybridized carbons (Fsp3) is 0.222. The Labute approximate surface area is 123 Å². The Hall–Kier alpha value is -1.25. The summed E-state index contributed by atoms with van der Waals surface area (Å²) in [5.41, 5.74) is -5.50. The molecule has 0 aliphatic heterocycles. The lowest BCUT2D eigenvalue weighted by Gasteiger charge is -2.13. The van der Waals surface area contributed by atoms with Gasteiger partial charge in [-0.25, -0.2) is 8.42 Å². The van der Waals surface area contributed by atoms with Gasteiger partial charge in [0, 0.05) is 21.6 Å². The molecule has 0 heterocycles. The summed E-state index contributed by atoms with van der Waals surface area (Å²) in [6.45, 7) is -3.45. The van der Waals surface area contributed by atoms with Gasteiger partial charge in [0.1, 0.15) is 16.7 Å². The molecular formula is C9H3ClF5NO3S2. The number of nitriles is 1. The van der Waals surface area contributed by atoms with Gasteiger partial charge in [-0.05, 0) is 17.8 Å². The molecule has 116 valence electrons. The molecule has 4 nitrogen and oxygen atoms in total. The number of nitrogens with zero attached hydrogens (tertiary/aromatic N) is 1. The van der Waals surface area contributed by atoms with E-state index in [1.807, 2.05) is 0 Å². The molecule has 0 radical (unpaired) electrons. The topological polar surface area (TPSA) is 67.2 Å². The summed E-state index contributed by atoms with van der Waals surface area (Å²) in [4.78, 5) is -1.89. The van der Waals surface area contributed by atoms with E-state index in [1.54, 1.807) is 0 Å². The van der Waals surface area contributed by atoms with E-state index in [0.717, 1.165) is 0 Å². The van der Waals surface area contributed by atoms with Gasteiger partial charge in [-0.2, -0.15) is 27.2 Å². The van der Waals surface area contributed by atoms with Crippen LogP contribution in [0.2, 0.25) is 0 Å². The minimum absolute atomic E-state index is 0.358. The molecule has 1 aromatic carbocycles. The average Bonchev–Trinajstić information content (AvgIpc) is 2.26. The van der Waals surface area contributed by atoms with E-state index in [-0.39, 0.29) is 0 Å². The van der Waals surface area contributed by atoms with Gasteiger partial charge in [-0.1, -0.05) is 0 Å². The van der Waals surface area contributed by atoms with Crippen molar-refractivity contribution in [3.63, 3.8) is 0 Å². The molecule has 0 saturated carbocycles. The minimum atomic E-state index is -4.82. The molecular weight excluding hydrogens is 365 g/mol. The Morgan fingerprint density at radius 3 is 2.29 bits per heavy atom. The summed E-state index contributed by atoms with van der Waals surface area (Å²) in [6.07, 6.45) is 0. The van der Waals surface area contributed by atoms with Crippen LogP contribution in [-0.2, 0) is 9.05 Å². The highest BCUT2D eigenvalue weighted by atomic mass is 35.7. The van der Waals surface area contributed by atoms with Gasteiger partial charge in [0.2, 0.25) is 0 Å². The third-order valence-electron chi connectivity index (χ3n) is 1.87. The molecule has 0 N–H and O–H groups in total. The van der Waals surface area contributed by atoms with Crippen molar-refractivity contribution in [2.24, 2.45) is 0 Å². The van der Waals surface area contributed by atoms with Crippen LogP contribution < -0.4 is 4.74 Å². The van der Waals surface area contributed by atoms with Gasteiger partial charge in [-0.3, -0.25) is 0 Å². The Morgan fingerprint density at radius 1 is 1.33 bits per heavy atom. The standard InChI is InChI=1S/C9H3ClF5NO3S2/c10-21(17,18)7-2-6(20-9(13,14)15)4(3-16)1-5(7)19-8(11)12/h1-2,8H. The molecule has 12 heteroatoms. The smallest absolute Gasteiger partial charge is 0.433 e. The molecule has 21 heavy (non-hydrogen) atoms. The van der Waals surface area contributed by atoms with Crippen LogP contribution >= 0.6 is 22.4 Å². The molecule has 0 aromatic heterocycles. The van der Waals surface area contributed by atoms with Crippen LogP contribution in [0, 0.1) is 11.3 Å². The summed E-state index contributed by atoms with van der Waals surface area (Å²) >= 11 is -0.779. The van der Waals surface area contributed by atoms with Crippen LogP contribution in [0.15, 0.2) is 21.9 Å². The van der Waals surface area contributed by atoms with Crippen LogP contribution in [0.1, 0.15) is 5.56 Å². The maximum absolute atomic E-state index is 12.3. The van der Waals surface area contributed by atoms with Gasteiger partial charge in [0.15, 0.2) is 0 Å².